The predicted molar refractivity (Wildman–Crippen MR) is 117 cm³/mol. The molecule has 5 N–H and O–H groups in total. The Bertz CT molecular complexity index is 1290. The summed E-state index contributed by atoms with van der Waals surface area (Å²) >= 11 is 0. The summed E-state index contributed by atoms with van der Waals surface area (Å²) < 4.78 is 79.7. The Morgan fingerprint density at radius 2 is 1.75 bits per heavy atom. The Labute approximate surface area is 200 Å². The van der Waals surface area contributed by atoms with Gasteiger partial charge in [0.05, 0.1) is 23.9 Å². The van der Waals surface area contributed by atoms with Gasteiger partial charge in [-0.15, -0.1) is 0 Å². The first-order chi connectivity index (χ1) is 16.5. The van der Waals surface area contributed by atoms with Gasteiger partial charge in [-0.3, -0.25) is 9.59 Å². The Kier molecular flexibility index (Phi) is 6.94. The summed E-state index contributed by atoms with van der Waals surface area (Å²) in [5.41, 5.74) is 1.33. The van der Waals surface area contributed by atoms with E-state index in [9.17, 15) is 41.0 Å². The number of carbonyl (C=O) groups is 2. The second-order valence-electron chi connectivity index (χ2n) is 8.16. The van der Waals surface area contributed by atoms with Crippen molar-refractivity contribution in [3.8, 4) is 5.69 Å². The second kappa shape index (κ2) is 9.33. The smallest absolute Gasteiger partial charge is 0.381 e. The fourth-order valence-corrected chi connectivity index (χ4v) is 3.33. The van der Waals surface area contributed by atoms with Gasteiger partial charge >= 0.3 is 12.4 Å². The standard InChI is InChI=1S/C22H21F6N5O3/c1-11-6-16(30-10-20(36,21(23,24)25)22(26,27)28)15-9-31-33(17(15)7-11)14-5-3-4-13(8-14)19(35)32-12(2)18(29)34/h3-9,12,30,36H,10H2,1-2H3,(H2,29,34)(H,32,35)/t12-/m1/s1. The van der Waals surface area contributed by atoms with Gasteiger partial charge in [0.15, 0.2) is 0 Å². The van der Waals surface area contributed by atoms with Crippen molar-refractivity contribution in [2.75, 3.05) is 11.9 Å². The third-order valence-corrected chi connectivity index (χ3v) is 5.43. The van der Waals surface area contributed by atoms with E-state index in [1.54, 1.807) is 19.1 Å². The van der Waals surface area contributed by atoms with Crippen LogP contribution in [0.3, 0.4) is 0 Å². The van der Waals surface area contributed by atoms with Gasteiger partial charge in [-0.25, -0.2) is 4.68 Å². The number of nitrogens with two attached hydrogens (primary N) is 1. The molecule has 1 heterocycles. The number of amides is 2. The second-order valence-corrected chi connectivity index (χ2v) is 8.16. The number of aryl methyl sites for hydroxylation is 1. The first kappa shape index (κ1) is 26.8. The third kappa shape index (κ3) is 5.08. The Balaban J connectivity index is 1.98. The molecule has 2 aromatic carbocycles. The summed E-state index contributed by atoms with van der Waals surface area (Å²) in [6.45, 7) is 1.09. The van der Waals surface area contributed by atoms with E-state index in [0.29, 0.717) is 16.8 Å². The molecule has 1 atom stereocenters. The average Bonchev–Trinajstić information content (AvgIpc) is 3.19. The Morgan fingerprint density at radius 3 is 2.33 bits per heavy atom. The number of hydrogen-bond acceptors (Lipinski definition) is 5. The van der Waals surface area contributed by atoms with Crippen LogP contribution in [0, 0.1) is 6.92 Å². The molecule has 1 aromatic heterocycles. The average molecular weight is 517 g/mol. The van der Waals surface area contributed by atoms with E-state index < -0.39 is 42.4 Å². The van der Waals surface area contributed by atoms with Gasteiger partial charge in [0, 0.05) is 16.6 Å². The number of rotatable bonds is 7. The number of anilines is 1. The molecule has 0 radical (unpaired) electrons. The van der Waals surface area contributed by atoms with Crippen LogP contribution in [0.1, 0.15) is 22.8 Å². The molecule has 36 heavy (non-hydrogen) atoms. The summed E-state index contributed by atoms with van der Waals surface area (Å²) in [7, 11) is 0. The van der Waals surface area contributed by atoms with Crippen LogP contribution in [0.5, 0.6) is 0 Å². The quantitative estimate of drug-likeness (QED) is 0.359. The summed E-state index contributed by atoms with van der Waals surface area (Å²) in [5, 5.41) is 18.3. The number of nitrogens with zero attached hydrogens (tertiary/aromatic N) is 2. The summed E-state index contributed by atoms with van der Waals surface area (Å²) in [6.07, 6.45) is -10.7. The molecule has 0 aliphatic carbocycles. The van der Waals surface area contributed by atoms with Gasteiger partial charge in [-0.05, 0) is 49.7 Å². The van der Waals surface area contributed by atoms with Gasteiger partial charge in [-0.2, -0.15) is 31.4 Å². The van der Waals surface area contributed by atoms with Crippen LogP contribution >= 0.6 is 0 Å². The van der Waals surface area contributed by atoms with E-state index in [2.05, 4.69) is 15.7 Å². The number of halogens is 6. The van der Waals surface area contributed by atoms with E-state index in [4.69, 9.17) is 5.73 Å². The maximum atomic E-state index is 13.1. The first-order valence-corrected chi connectivity index (χ1v) is 10.3. The maximum absolute atomic E-state index is 13.1. The Hall–Kier alpha value is -3.81. The number of aromatic nitrogens is 2. The largest absolute Gasteiger partial charge is 0.428 e. The molecule has 2 amide bonds. The van der Waals surface area contributed by atoms with Gasteiger partial charge in [0.2, 0.25) is 5.91 Å². The molecular weight excluding hydrogens is 496 g/mol. The third-order valence-electron chi connectivity index (χ3n) is 5.43. The van der Waals surface area contributed by atoms with Crippen LogP contribution in [0.15, 0.2) is 42.6 Å². The van der Waals surface area contributed by atoms with E-state index in [1.807, 2.05) is 0 Å². The molecule has 0 spiro atoms. The normalized spacial score (nSPS) is 13.5. The van der Waals surface area contributed by atoms with Crippen LogP contribution < -0.4 is 16.4 Å². The zero-order chi connectivity index (χ0) is 27.1. The molecular formula is C22H21F6N5O3. The highest BCUT2D eigenvalue weighted by Crippen LogP contribution is 2.43. The Morgan fingerprint density at radius 1 is 1.11 bits per heavy atom. The number of primary amides is 1. The number of nitrogens with one attached hydrogen (secondary N) is 2. The topological polar surface area (TPSA) is 122 Å². The van der Waals surface area contributed by atoms with Gasteiger partial charge < -0.3 is 21.5 Å². The fraction of sp³-hybridized carbons (Fsp3) is 0.318. The van der Waals surface area contributed by atoms with Crippen molar-refractivity contribution in [2.45, 2.75) is 37.8 Å². The van der Waals surface area contributed by atoms with Crippen molar-refractivity contribution in [1.82, 2.24) is 15.1 Å². The lowest BCUT2D eigenvalue weighted by Crippen LogP contribution is -2.61. The van der Waals surface area contributed by atoms with Crippen LogP contribution in [0.25, 0.3) is 16.6 Å². The summed E-state index contributed by atoms with van der Waals surface area (Å²) in [6, 6.07) is 7.96. The molecule has 0 saturated carbocycles. The molecule has 0 unspecified atom stereocenters. The molecule has 3 rings (SSSR count). The van der Waals surface area contributed by atoms with Crippen molar-refractivity contribution < 1.29 is 41.0 Å². The highest BCUT2D eigenvalue weighted by molar-refractivity contribution is 5.98. The lowest BCUT2D eigenvalue weighted by atomic mass is 10.0. The monoisotopic (exact) mass is 517 g/mol. The minimum Gasteiger partial charge on any atom is -0.381 e. The number of aliphatic hydroxyl groups is 1. The van der Waals surface area contributed by atoms with Gasteiger partial charge in [0.1, 0.15) is 6.04 Å². The van der Waals surface area contributed by atoms with E-state index >= 15 is 0 Å². The van der Waals surface area contributed by atoms with Crippen molar-refractivity contribution in [2.24, 2.45) is 5.73 Å². The number of alkyl halides is 6. The van der Waals surface area contributed by atoms with Crippen molar-refractivity contribution in [1.29, 1.82) is 0 Å². The van der Waals surface area contributed by atoms with E-state index in [0.717, 1.165) is 0 Å². The molecule has 3 aromatic rings. The minimum atomic E-state index is -5.97. The molecule has 0 aliphatic heterocycles. The predicted octanol–water partition coefficient (Wildman–Crippen LogP) is 3.21. The van der Waals surface area contributed by atoms with Crippen molar-refractivity contribution in [3.05, 3.63) is 53.7 Å². The SMILES string of the molecule is Cc1cc(NCC(O)(C(F)(F)F)C(F)(F)F)c2cnn(-c3cccc(C(=O)N[C@H](C)C(N)=O)c3)c2c1. The van der Waals surface area contributed by atoms with Gasteiger partial charge in [-0.1, -0.05) is 6.07 Å². The summed E-state index contributed by atoms with van der Waals surface area (Å²) in [5.74, 6) is -1.34. The molecule has 8 nitrogen and oxygen atoms in total. The number of fused-ring (bicyclic) bond motifs is 1. The molecule has 0 saturated heterocycles. The number of hydrogen-bond donors (Lipinski definition) is 4. The van der Waals surface area contributed by atoms with Crippen LogP contribution in [-0.2, 0) is 4.79 Å². The van der Waals surface area contributed by atoms with Crippen molar-refractivity contribution in [3.63, 3.8) is 0 Å². The van der Waals surface area contributed by atoms with Crippen molar-refractivity contribution >= 4 is 28.4 Å². The number of benzene rings is 2. The first-order valence-electron chi connectivity index (χ1n) is 10.3. The lowest BCUT2D eigenvalue weighted by molar-refractivity contribution is -0.362. The van der Waals surface area contributed by atoms with Gasteiger partial charge in [0.25, 0.3) is 11.5 Å². The highest BCUT2D eigenvalue weighted by Gasteiger charge is 2.70. The lowest BCUT2D eigenvalue weighted by Gasteiger charge is -2.32. The fourth-order valence-electron chi connectivity index (χ4n) is 3.33. The molecule has 194 valence electrons. The number of carbonyl (C=O) groups excluding carboxylic acids is 2. The molecule has 14 heteroatoms. The minimum absolute atomic E-state index is 0.118. The zero-order valence-electron chi connectivity index (χ0n) is 18.8. The molecule has 0 bridgehead atoms. The molecule has 0 aliphatic rings. The highest BCUT2D eigenvalue weighted by atomic mass is 19.4. The zero-order valence-corrected chi connectivity index (χ0v) is 18.8. The van der Waals surface area contributed by atoms with E-state index in [1.165, 1.54) is 42.1 Å². The maximum Gasteiger partial charge on any atom is 0.428 e. The van der Waals surface area contributed by atoms with E-state index in [-0.39, 0.29) is 16.6 Å². The van der Waals surface area contributed by atoms with Crippen LogP contribution in [0.2, 0.25) is 0 Å². The van der Waals surface area contributed by atoms with Crippen LogP contribution in [-0.4, -0.2) is 57.2 Å². The van der Waals surface area contributed by atoms with Crippen LogP contribution in [0.4, 0.5) is 32.0 Å². The molecule has 0 fully saturated rings. The summed E-state index contributed by atoms with van der Waals surface area (Å²) in [4.78, 5) is 23.6.